The average molecular weight is 177 g/mol. The first kappa shape index (κ1) is 8.76. The van der Waals surface area contributed by atoms with Gasteiger partial charge in [0, 0.05) is 6.21 Å². The Labute approximate surface area is 66.5 Å². The fraction of sp³-hybridized carbons (Fsp3) is 0.333. The predicted octanol–water partition coefficient (Wildman–Crippen LogP) is 0.874. The van der Waals surface area contributed by atoms with Crippen LogP contribution < -0.4 is 5.73 Å². The number of hydrogen-bond donors (Lipinski definition) is 1. The minimum atomic E-state index is -4.46. The van der Waals surface area contributed by atoms with E-state index in [9.17, 15) is 13.2 Å². The lowest BCUT2D eigenvalue weighted by Crippen LogP contribution is -2.18. The lowest BCUT2D eigenvalue weighted by Gasteiger charge is -2.04. The van der Waals surface area contributed by atoms with Gasteiger partial charge in [0.25, 0.3) is 0 Å². The number of nitrogens with two attached hydrogens (primary N) is 1. The zero-order valence-electron chi connectivity index (χ0n) is 5.97. The Balaban J connectivity index is 2.96. The molecule has 0 aromatic carbocycles. The van der Waals surface area contributed by atoms with Gasteiger partial charge in [0.1, 0.15) is 11.5 Å². The van der Waals surface area contributed by atoms with Crippen molar-refractivity contribution >= 4 is 12.1 Å². The molecule has 0 saturated carbocycles. The molecular weight excluding hydrogens is 171 g/mol. The first-order valence-electron chi connectivity index (χ1n) is 3.10. The quantitative estimate of drug-likeness (QED) is 0.586. The molecule has 2 N–H and O–H groups in total. The van der Waals surface area contributed by atoms with Crippen LogP contribution in [0, 0.1) is 0 Å². The number of aliphatic imine (C=N–C) groups is 2. The maximum Gasteiger partial charge on any atom is 0.433 e. The Bertz CT molecular complexity index is 262. The minimum Gasteiger partial charge on any atom is -0.386 e. The molecule has 0 radical (unpaired) electrons. The minimum absolute atomic E-state index is 0.0100. The number of alkyl halides is 3. The van der Waals surface area contributed by atoms with Crippen molar-refractivity contribution in [2.24, 2.45) is 15.7 Å². The predicted molar refractivity (Wildman–Crippen MR) is 39.1 cm³/mol. The second-order valence-corrected chi connectivity index (χ2v) is 2.14. The lowest BCUT2D eigenvalue weighted by atomic mass is 10.4. The van der Waals surface area contributed by atoms with Crippen LogP contribution >= 0.6 is 0 Å². The van der Waals surface area contributed by atoms with Gasteiger partial charge in [-0.1, -0.05) is 0 Å². The third kappa shape index (κ3) is 2.08. The van der Waals surface area contributed by atoms with E-state index in [4.69, 9.17) is 5.73 Å². The van der Waals surface area contributed by atoms with Crippen molar-refractivity contribution in [2.75, 3.05) is 6.54 Å². The smallest absolute Gasteiger partial charge is 0.386 e. The number of halogens is 3. The summed E-state index contributed by atoms with van der Waals surface area (Å²) in [7, 11) is 0. The van der Waals surface area contributed by atoms with Crippen LogP contribution in [-0.4, -0.2) is 24.8 Å². The van der Waals surface area contributed by atoms with Crippen molar-refractivity contribution < 1.29 is 13.2 Å². The zero-order valence-corrected chi connectivity index (χ0v) is 5.97. The van der Waals surface area contributed by atoms with Crippen LogP contribution in [0.25, 0.3) is 0 Å². The van der Waals surface area contributed by atoms with Crippen molar-refractivity contribution in [3.63, 3.8) is 0 Å². The Morgan fingerprint density at radius 3 is 2.67 bits per heavy atom. The third-order valence-corrected chi connectivity index (χ3v) is 1.15. The summed E-state index contributed by atoms with van der Waals surface area (Å²) in [5, 5.41) is 0. The highest BCUT2D eigenvalue weighted by Gasteiger charge is 2.33. The molecule has 12 heavy (non-hydrogen) atoms. The molecule has 1 aliphatic heterocycles. The normalized spacial score (nSPS) is 18.2. The van der Waals surface area contributed by atoms with E-state index in [1.165, 1.54) is 0 Å². The van der Waals surface area contributed by atoms with Crippen molar-refractivity contribution in [1.29, 1.82) is 0 Å². The summed E-state index contributed by atoms with van der Waals surface area (Å²) < 4.78 is 36.0. The highest BCUT2D eigenvalue weighted by atomic mass is 19.4. The summed E-state index contributed by atoms with van der Waals surface area (Å²) in [6.07, 6.45) is -2.62. The summed E-state index contributed by atoms with van der Waals surface area (Å²) in [5.41, 5.74) is 4.10. The van der Waals surface area contributed by atoms with E-state index < -0.39 is 11.9 Å². The first-order chi connectivity index (χ1) is 5.50. The van der Waals surface area contributed by atoms with E-state index in [-0.39, 0.29) is 12.4 Å². The Morgan fingerprint density at radius 1 is 1.42 bits per heavy atom. The number of rotatable bonds is 0. The number of amidine groups is 1. The van der Waals surface area contributed by atoms with Gasteiger partial charge in [-0.15, -0.1) is 0 Å². The van der Waals surface area contributed by atoms with Crippen LogP contribution in [0.4, 0.5) is 13.2 Å². The molecule has 0 unspecified atom stereocenters. The second-order valence-electron chi connectivity index (χ2n) is 2.14. The average Bonchev–Trinajstić information content (AvgIpc) is 2.11. The molecule has 0 aromatic rings. The Morgan fingerprint density at radius 2 is 2.08 bits per heavy atom. The van der Waals surface area contributed by atoms with Crippen molar-refractivity contribution in [2.45, 2.75) is 6.18 Å². The fourth-order valence-electron chi connectivity index (χ4n) is 0.655. The molecule has 0 fully saturated rings. The molecule has 0 aliphatic carbocycles. The van der Waals surface area contributed by atoms with Crippen LogP contribution in [-0.2, 0) is 0 Å². The molecule has 6 heteroatoms. The maximum atomic E-state index is 12.0. The third-order valence-electron chi connectivity index (χ3n) is 1.15. The van der Waals surface area contributed by atoms with Gasteiger partial charge in [0.05, 0.1) is 6.54 Å². The van der Waals surface area contributed by atoms with Crippen molar-refractivity contribution in [3.8, 4) is 0 Å². The number of hydrogen-bond acceptors (Lipinski definition) is 3. The summed E-state index contributed by atoms with van der Waals surface area (Å²) >= 11 is 0. The van der Waals surface area contributed by atoms with Crippen LogP contribution in [0.5, 0.6) is 0 Å². The molecule has 0 atom stereocenters. The molecule has 0 saturated heterocycles. The molecule has 1 aliphatic rings. The molecule has 0 amide bonds. The summed E-state index contributed by atoms with van der Waals surface area (Å²) in [6, 6.07) is 0. The van der Waals surface area contributed by atoms with Crippen LogP contribution in [0.15, 0.2) is 21.8 Å². The van der Waals surface area contributed by atoms with Gasteiger partial charge in [-0.2, -0.15) is 13.2 Å². The van der Waals surface area contributed by atoms with Gasteiger partial charge in [-0.3, -0.25) is 4.99 Å². The molecule has 1 heterocycles. The SMILES string of the molecule is NC1=NC(C(F)(F)F)=CC=NC1. The van der Waals surface area contributed by atoms with Gasteiger partial charge in [0.15, 0.2) is 0 Å². The molecule has 0 bridgehead atoms. The van der Waals surface area contributed by atoms with E-state index in [1.54, 1.807) is 0 Å². The fourth-order valence-corrected chi connectivity index (χ4v) is 0.655. The molecule has 1 rings (SSSR count). The summed E-state index contributed by atoms with van der Waals surface area (Å²) in [4.78, 5) is 6.71. The van der Waals surface area contributed by atoms with Crippen LogP contribution in [0.2, 0.25) is 0 Å². The maximum absolute atomic E-state index is 12.0. The van der Waals surface area contributed by atoms with Gasteiger partial charge >= 0.3 is 6.18 Å². The Kier molecular flexibility index (Phi) is 2.16. The monoisotopic (exact) mass is 177 g/mol. The van der Waals surface area contributed by atoms with E-state index in [0.29, 0.717) is 0 Å². The van der Waals surface area contributed by atoms with Gasteiger partial charge in [-0.05, 0) is 6.08 Å². The van der Waals surface area contributed by atoms with Gasteiger partial charge < -0.3 is 5.73 Å². The number of nitrogens with zero attached hydrogens (tertiary/aromatic N) is 2. The lowest BCUT2D eigenvalue weighted by molar-refractivity contribution is -0.0921. The van der Waals surface area contributed by atoms with Crippen molar-refractivity contribution in [3.05, 3.63) is 11.8 Å². The van der Waals surface area contributed by atoms with Gasteiger partial charge in [0.2, 0.25) is 0 Å². The highest BCUT2D eigenvalue weighted by Crippen LogP contribution is 2.26. The molecule has 0 spiro atoms. The van der Waals surface area contributed by atoms with E-state index in [2.05, 4.69) is 9.98 Å². The largest absolute Gasteiger partial charge is 0.433 e. The second kappa shape index (κ2) is 2.96. The zero-order chi connectivity index (χ0) is 9.19. The molecule has 3 nitrogen and oxygen atoms in total. The topological polar surface area (TPSA) is 50.7 Å². The van der Waals surface area contributed by atoms with Crippen LogP contribution in [0.1, 0.15) is 0 Å². The Hall–Kier alpha value is -1.33. The van der Waals surface area contributed by atoms with E-state index in [0.717, 1.165) is 12.3 Å². The van der Waals surface area contributed by atoms with Crippen LogP contribution in [0.3, 0.4) is 0 Å². The standard InChI is InChI=1S/C6H6F3N3/c7-6(8,9)4-1-2-11-3-5(10)12-4/h1-2H,3H2,(H2,10,12). The molecular formula is C6H6F3N3. The van der Waals surface area contributed by atoms with E-state index in [1.807, 2.05) is 0 Å². The van der Waals surface area contributed by atoms with E-state index >= 15 is 0 Å². The number of allylic oxidation sites excluding steroid dienone is 2. The summed E-state index contributed by atoms with van der Waals surface area (Å²) in [6.45, 7) is 0.0100. The van der Waals surface area contributed by atoms with Gasteiger partial charge in [-0.25, -0.2) is 4.99 Å². The molecule has 0 aromatic heterocycles. The molecule has 66 valence electrons. The summed E-state index contributed by atoms with van der Waals surface area (Å²) in [5.74, 6) is -0.132. The highest BCUT2D eigenvalue weighted by molar-refractivity contribution is 5.88. The van der Waals surface area contributed by atoms with Crippen molar-refractivity contribution in [1.82, 2.24) is 0 Å². The first-order valence-corrected chi connectivity index (χ1v) is 3.10.